The number of aromatic nitrogens is 1. The number of nitrogens with zero attached hydrogens (tertiary/aromatic N) is 3. The molecule has 0 saturated carbocycles. The zero-order valence-electron chi connectivity index (χ0n) is 14.0. The molecule has 1 amide bonds. The number of oxazole rings is 1. The molecular weight excluding hydrogens is 336 g/mol. The molecule has 0 aliphatic carbocycles. The number of hydrazone groups is 1. The van der Waals surface area contributed by atoms with E-state index in [0.29, 0.717) is 10.8 Å². The molecule has 3 aromatic rings. The van der Waals surface area contributed by atoms with E-state index in [0.717, 1.165) is 16.8 Å². The lowest BCUT2D eigenvalue weighted by atomic mass is 10.2. The van der Waals surface area contributed by atoms with Crippen molar-refractivity contribution in [3.63, 3.8) is 0 Å². The van der Waals surface area contributed by atoms with Crippen molar-refractivity contribution in [1.82, 2.24) is 10.4 Å². The highest BCUT2D eigenvalue weighted by Crippen LogP contribution is 2.22. The number of rotatable bonds is 6. The summed E-state index contributed by atoms with van der Waals surface area (Å²) in [5.41, 5.74) is 6.02. The average Bonchev–Trinajstić information content (AvgIpc) is 3.03. The summed E-state index contributed by atoms with van der Waals surface area (Å²) in [5.74, 6) is -0.0302. The van der Waals surface area contributed by atoms with E-state index in [1.807, 2.05) is 67.5 Å². The van der Waals surface area contributed by atoms with Gasteiger partial charge in [0.25, 0.3) is 11.1 Å². The molecule has 0 fully saturated rings. The summed E-state index contributed by atoms with van der Waals surface area (Å²) < 4.78 is 5.55. The van der Waals surface area contributed by atoms with Crippen molar-refractivity contribution in [3.8, 4) is 0 Å². The molecule has 7 heteroatoms. The number of para-hydroxylation sites is 2. The van der Waals surface area contributed by atoms with Crippen molar-refractivity contribution in [2.75, 3.05) is 24.7 Å². The van der Waals surface area contributed by atoms with Gasteiger partial charge in [0.1, 0.15) is 5.52 Å². The molecule has 0 aliphatic heterocycles. The minimum atomic E-state index is -0.214. The van der Waals surface area contributed by atoms with Crippen LogP contribution in [0.15, 0.2) is 63.3 Å². The normalized spacial score (nSPS) is 11.1. The van der Waals surface area contributed by atoms with Crippen molar-refractivity contribution in [3.05, 3.63) is 54.1 Å². The first-order valence-electron chi connectivity index (χ1n) is 7.69. The summed E-state index contributed by atoms with van der Waals surface area (Å²) in [4.78, 5) is 18.2. The van der Waals surface area contributed by atoms with Gasteiger partial charge in [-0.3, -0.25) is 4.79 Å². The first-order valence-corrected chi connectivity index (χ1v) is 8.68. The molecular formula is C18H18N4O2S. The Kier molecular flexibility index (Phi) is 5.35. The molecule has 0 bridgehead atoms. The highest BCUT2D eigenvalue weighted by atomic mass is 32.2. The standard InChI is InChI=1S/C18H18N4O2S/c1-22(2)14-9-7-13(8-10-14)11-19-21-17(23)12-25-18-20-15-5-3-4-6-16(15)24-18/h3-11H,12H2,1-2H3,(H,21,23)/b19-11+. The molecule has 6 nitrogen and oxygen atoms in total. The minimum Gasteiger partial charge on any atom is -0.431 e. The molecule has 0 spiro atoms. The third kappa shape index (κ3) is 4.60. The van der Waals surface area contributed by atoms with Crippen molar-refractivity contribution in [2.45, 2.75) is 5.22 Å². The van der Waals surface area contributed by atoms with Crippen LogP contribution in [0.2, 0.25) is 0 Å². The number of carbonyl (C=O) groups is 1. The predicted molar refractivity (Wildman–Crippen MR) is 101 cm³/mol. The van der Waals surface area contributed by atoms with E-state index in [9.17, 15) is 4.79 Å². The summed E-state index contributed by atoms with van der Waals surface area (Å²) in [6, 6.07) is 15.4. The third-order valence-corrected chi connectivity index (χ3v) is 4.24. The summed E-state index contributed by atoms with van der Waals surface area (Å²) >= 11 is 1.24. The molecule has 1 N–H and O–H groups in total. The van der Waals surface area contributed by atoms with Crippen LogP contribution >= 0.6 is 11.8 Å². The maximum atomic E-state index is 11.8. The van der Waals surface area contributed by atoms with Crippen molar-refractivity contribution in [1.29, 1.82) is 0 Å². The number of hydrogen-bond acceptors (Lipinski definition) is 6. The maximum absolute atomic E-state index is 11.8. The number of hydrogen-bond donors (Lipinski definition) is 1. The van der Waals surface area contributed by atoms with Gasteiger partial charge in [0, 0.05) is 19.8 Å². The number of benzene rings is 2. The average molecular weight is 354 g/mol. The van der Waals surface area contributed by atoms with Gasteiger partial charge in [0.2, 0.25) is 0 Å². The molecule has 0 unspecified atom stereocenters. The van der Waals surface area contributed by atoms with Crippen LogP contribution < -0.4 is 10.3 Å². The van der Waals surface area contributed by atoms with Gasteiger partial charge in [0.05, 0.1) is 12.0 Å². The Bertz CT molecular complexity index is 854. The molecule has 0 aliphatic rings. The second-order valence-electron chi connectivity index (χ2n) is 5.52. The van der Waals surface area contributed by atoms with Gasteiger partial charge < -0.3 is 9.32 Å². The Balaban J connectivity index is 1.48. The fourth-order valence-electron chi connectivity index (χ4n) is 2.11. The first kappa shape index (κ1) is 17.0. The molecule has 0 atom stereocenters. The number of anilines is 1. The van der Waals surface area contributed by atoms with Crippen LogP contribution in [0.3, 0.4) is 0 Å². The Morgan fingerprint density at radius 1 is 1.24 bits per heavy atom. The largest absolute Gasteiger partial charge is 0.431 e. The predicted octanol–water partition coefficient (Wildman–Crippen LogP) is 3.14. The van der Waals surface area contributed by atoms with E-state index < -0.39 is 0 Å². The second kappa shape index (κ2) is 7.85. The monoisotopic (exact) mass is 354 g/mol. The topological polar surface area (TPSA) is 70.7 Å². The number of amides is 1. The Hall–Kier alpha value is -2.80. The number of thioether (sulfide) groups is 1. The van der Waals surface area contributed by atoms with Crippen molar-refractivity contribution in [2.24, 2.45) is 5.10 Å². The number of nitrogens with one attached hydrogen (secondary N) is 1. The van der Waals surface area contributed by atoms with Gasteiger partial charge in [-0.15, -0.1) is 0 Å². The molecule has 128 valence electrons. The highest BCUT2D eigenvalue weighted by Gasteiger charge is 2.08. The fraction of sp³-hybridized carbons (Fsp3) is 0.167. The van der Waals surface area contributed by atoms with Gasteiger partial charge >= 0.3 is 0 Å². The van der Waals surface area contributed by atoms with Crippen LogP contribution in [-0.4, -0.2) is 37.0 Å². The van der Waals surface area contributed by atoms with Gasteiger partial charge in [0.15, 0.2) is 5.58 Å². The van der Waals surface area contributed by atoms with Crippen LogP contribution in [0.5, 0.6) is 0 Å². The molecule has 1 heterocycles. The molecule has 0 radical (unpaired) electrons. The Labute approximate surface area is 149 Å². The molecule has 3 rings (SSSR count). The van der Waals surface area contributed by atoms with Crippen LogP contribution in [0, 0.1) is 0 Å². The van der Waals surface area contributed by atoms with E-state index in [4.69, 9.17) is 4.42 Å². The van der Waals surface area contributed by atoms with Crippen LogP contribution in [0.25, 0.3) is 11.1 Å². The highest BCUT2D eigenvalue weighted by molar-refractivity contribution is 7.99. The van der Waals surface area contributed by atoms with E-state index in [1.54, 1.807) is 6.21 Å². The zero-order valence-corrected chi connectivity index (χ0v) is 14.8. The summed E-state index contributed by atoms with van der Waals surface area (Å²) in [5, 5.41) is 4.44. The second-order valence-corrected chi connectivity index (χ2v) is 6.44. The van der Waals surface area contributed by atoms with Crippen LogP contribution in [0.4, 0.5) is 5.69 Å². The van der Waals surface area contributed by atoms with Crippen molar-refractivity contribution < 1.29 is 9.21 Å². The smallest absolute Gasteiger partial charge is 0.257 e. The van der Waals surface area contributed by atoms with Crippen molar-refractivity contribution >= 4 is 40.7 Å². The van der Waals surface area contributed by atoms with Crippen LogP contribution in [-0.2, 0) is 4.79 Å². The Morgan fingerprint density at radius 3 is 2.72 bits per heavy atom. The molecule has 1 aromatic heterocycles. The number of fused-ring (bicyclic) bond motifs is 1. The van der Waals surface area contributed by atoms with Gasteiger partial charge in [-0.2, -0.15) is 5.10 Å². The summed E-state index contributed by atoms with van der Waals surface area (Å²) in [6.07, 6.45) is 1.61. The maximum Gasteiger partial charge on any atom is 0.257 e. The zero-order chi connectivity index (χ0) is 17.6. The van der Waals surface area contributed by atoms with Gasteiger partial charge in [-0.25, -0.2) is 10.4 Å². The van der Waals surface area contributed by atoms with E-state index in [-0.39, 0.29) is 11.7 Å². The SMILES string of the molecule is CN(C)c1ccc(/C=N/NC(=O)CSc2nc3ccccc3o2)cc1. The van der Waals surface area contributed by atoms with E-state index in [1.165, 1.54) is 11.8 Å². The molecule has 2 aromatic carbocycles. The fourth-order valence-corrected chi connectivity index (χ4v) is 2.74. The third-order valence-electron chi connectivity index (χ3n) is 3.41. The first-order chi connectivity index (χ1) is 12.1. The summed E-state index contributed by atoms with van der Waals surface area (Å²) in [6.45, 7) is 0. The Morgan fingerprint density at radius 2 is 2.00 bits per heavy atom. The van der Waals surface area contributed by atoms with E-state index >= 15 is 0 Å². The lowest BCUT2D eigenvalue weighted by molar-refractivity contribution is -0.118. The summed E-state index contributed by atoms with van der Waals surface area (Å²) in [7, 11) is 3.97. The molecule has 25 heavy (non-hydrogen) atoms. The quantitative estimate of drug-likeness (QED) is 0.418. The lowest BCUT2D eigenvalue weighted by Crippen LogP contribution is -2.19. The minimum absolute atomic E-state index is 0.184. The van der Waals surface area contributed by atoms with Gasteiger partial charge in [-0.1, -0.05) is 36.0 Å². The van der Waals surface area contributed by atoms with Gasteiger partial charge in [-0.05, 0) is 29.8 Å². The van der Waals surface area contributed by atoms with Crippen LogP contribution in [0.1, 0.15) is 5.56 Å². The van der Waals surface area contributed by atoms with E-state index in [2.05, 4.69) is 15.5 Å². The number of carbonyl (C=O) groups excluding carboxylic acids is 1. The lowest BCUT2D eigenvalue weighted by Gasteiger charge is -2.11. The molecule has 0 saturated heterocycles.